The van der Waals surface area contributed by atoms with Crippen molar-refractivity contribution in [3.8, 4) is 23.0 Å². The molecular formula is C32H26O12. The molecule has 0 aromatic heterocycles. The summed E-state index contributed by atoms with van der Waals surface area (Å²) in [6.45, 7) is 2.79. The first kappa shape index (κ1) is 26.9. The smallest absolute Gasteiger partial charge is 0.178 e. The number of phenolic OH excluding ortho intramolecular Hbond substituents is 4. The highest BCUT2D eigenvalue weighted by atomic mass is 16.3. The summed E-state index contributed by atoms with van der Waals surface area (Å²) in [5.41, 5.74) is -7.25. The second kappa shape index (κ2) is 7.69. The first-order valence-corrected chi connectivity index (χ1v) is 14.2. The first-order chi connectivity index (χ1) is 20.6. The van der Waals surface area contributed by atoms with E-state index < -0.39 is 151 Å². The van der Waals surface area contributed by atoms with E-state index in [9.17, 15) is 60.0 Å². The molecule has 6 aliphatic carbocycles. The molecule has 0 aliphatic heterocycles. The predicted molar refractivity (Wildman–Crippen MR) is 147 cm³/mol. The van der Waals surface area contributed by atoms with Crippen molar-refractivity contribution in [3.63, 3.8) is 0 Å². The number of aliphatic hydroxyl groups is 4. The molecule has 0 heterocycles. The molecule has 8 rings (SSSR count). The van der Waals surface area contributed by atoms with Crippen LogP contribution in [0.5, 0.6) is 23.0 Å². The minimum absolute atomic E-state index is 0.0647. The number of carbonyl (C=O) groups is 4. The second-order valence-electron chi connectivity index (χ2n) is 13.1. The largest absolute Gasteiger partial charge is 0.507 e. The summed E-state index contributed by atoms with van der Waals surface area (Å²) >= 11 is 0. The van der Waals surface area contributed by atoms with Crippen molar-refractivity contribution < 1.29 is 60.0 Å². The van der Waals surface area contributed by atoms with Gasteiger partial charge < -0.3 is 40.9 Å². The highest BCUT2D eigenvalue weighted by Gasteiger charge is 2.80. The van der Waals surface area contributed by atoms with Crippen LogP contribution in [0.4, 0.5) is 0 Å². The molecule has 226 valence electrons. The van der Waals surface area contributed by atoms with Gasteiger partial charge in [0.1, 0.15) is 34.5 Å². The van der Waals surface area contributed by atoms with E-state index in [0.717, 1.165) is 12.1 Å². The molecule has 12 nitrogen and oxygen atoms in total. The Morgan fingerprint density at radius 3 is 1.27 bits per heavy atom. The SMILES string of the molecule is Cc1cc(O)c2c(c1O)C(=O)[C@@]13CC4C(=O)C5=C(O)c6c(O)cc(C)c(O)c6C(=O)[C@@]56CC(C(=O)C1=C2O)C(O)C3C6C4O. The molecule has 6 unspecified atom stereocenters. The molecule has 0 saturated heterocycles. The number of allylic oxidation sites excluding steroid dienone is 2. The molecule has 8 N–H and O–H groups in total. The van der Waals surface area contributed by atoms with E-state index in [1.165, 1.54) is 13.8 Å². The Bertz CT molecular complexity index is 1810. The molecule has 6 aliphatic rings. The van der Waals surface area contributed by atoms with Crippen LogP contribution in [-0.2, 0) is 9.59 Å². The molecule has 2 aromatic carbocycles. The zero-order valence-corrected chi connectivity index (χ0v) is 23.2. The normalized spacial score (nSPS) is 36.3. The van der Waals surface area contributed by atoms with E-state index >= 15 is 0 Å². The summed E-state index contributed by atoms with van der Waals surface area (Å²) in [6.07, 6.45) is -4.59. The van der Waals surface area contributed by atoms with Crippen LogP contribution in [0.2, 0.25) is 0 Å². The molecule has 4 saturated carbocycles. The van der Waals surface area contributed by atoms with Crippen LogP contribution < -0.4 is 0 Å². The van der Waals surface area contributed by atoms with E-state index in [2.05, 4.69) is 0 Å². The number of aromatic hydroxyl groups is 4. The van der Waals surface area contributed by atoms with Gasteiger partial charge in [0, 0.05) is 23.7 Å². The topological polar surface area (TPSA) is 230 Å². The number of aliphatic hydroxyl groups excluding tert-OH is 4. The van der Waals surface area contributed by atoms with Crippen molar-refractivity contribution in [2.45, 2.75) is 38.9 Å². The van der Waals surface area contributed by atoms with Crippen LogP contribution in [-0.4, -0.2) is 76.2 Å². The third kappa shape index (κ3) is 2.47. The van der Waals surface area contributed by atoms with Gasteiger partial charge in [0.05, 0.1) is 56.4 Å². The minimum atomic E-state index is -2.21. The van der Waals surface area contributed by atoms with Crippen LogP contribution >= 0.6 is 0 Å². The number of Topliss-reactive ketones (excluding diaryl/α,β-unsaturated/α-hetero) is 4. The number of aryl methyl sites for hydroxylation is 2. The maximum absolute atomic E-state index is 14.7. The zero-order chi connectivity index (χ0) is 31.7. The first-order valence-electron chi connectivity index (χ1n) is 14.2. The Morgan fingerprint density at radius 2 is 0.932 bits per heavy atom. The van der Waals surface area contributed by atoms with Crippen molar-refractivity contribution in [1.82, 2.24) is 0 Å². The van der Waals surface area contributed by atoms with Crippen molar-refractivity contribution in [2.75, 3.05) is 0 Å². The summed E-state index contributed by atoms with van der Waals surface area (Å²) in [4.78, 5) is 58.0. The van der Waals surface area contributed by atoms with Gasteiger partial charge in [-0.05, 0) is 49.9 Å². The van der Waals surface area contributed by atoms with Crippen molar-refractivity contribution >= 4 is 34.7 Å². The Balaban J connectivity index is 1.50. The van der Waals surface area contributed by atoms with Crippen molar-refractivity contribution in [2.24, 2.45) is 34.5 Å². The monoisotopic (exact) mass is 602 g/mol. The van der Waals surface area contributed by atoms with Gasteiger partial charge in [-0.25, -0.2) is 0 Å². The summed E-state index contributed by atoms with van der Waals surface area (Å²) in [5, 5.41) is 90.2. The average molecular weight is 603 g/mol. The Kier molecular flexibility index (Phi) is 4.70. The van der Waals surface area contributed by atoms with Gasteiger partial charge in [0.25, 0.3) is 0 Å². The van der Waals surface area contributed by atoms with Gasteiger partial charge in [0.15, 0.2) is 23.1 Å². The third-order valence-corrected chi connectivity index (χ3v) is 11.4. The number of carbonyl (C=O) groups excluding carboxylic acids is 4. The summed E-state index contributed by atoms with van der Waals surface area (Å²) in [6, 6.07) is 2.22. The molecule has 44 heavy (non-hydrogen) atoms. The molecule has 2 aromatic rings. The van der Waals surface area contributed by atoms with Gasteiger partial charge in [-0.1, -0.05) is 0 Å². The maximum Gasteiger partial charge on any atom is 0.178 e. The number of benzene rings is 2. The fourth-order valence-electron chi connectivity index (χ4n) is 9.74. The maximum atomic E-state index is 14.7. The van der Waals surface area contributed by atoms with Gasteiger partial charge in [-0.3, -0.25) is 19.2 Å². The Morgan fingerprint density at radius 1 is 0.591 bits per heavy atom. The Labute approximate surface area is 247 Å². The number of ketones is 4. The van der Waals surface area contributed by atoms with Crippen LogP contribution in [0.25, 0.3) is 11.5 Å². The molecule has 2 spiro atoms. The number of fused-ring (bicyclic) bond motifs is 4. The third-order valence-electron chi connectivity index (χ3n) is 11.4. The highest BCUT2D eigenvalue weighted by molar-refractivity contribution is 6.25. The van der Waals surface area contributed by atoms with Gasteiger partial charge in [-0.2, -0.15) is 0 Å². The van der Waals surface area contributed by atoms with Crippen LogP contribution in [0, 0.1) is 48.3 Å². The van der Waals surface area contributed by atoms with Crippen LogP contribution in [0.15, 0.2) is 23.3 Å². The predicted octanol–water partition coefficient (Wildman–Crippen LogP) is 1.89. The number of phenols is 4. The number of hydrogen-bond donors (Lipinski definition) is 8. The molecule has 8 atom stereocenters. The quantitative estimate of drug-likeness (QED) is 0.202. The van der Waals surface area contributed by atoms with Crippen molar-refractivity contribution in [1.29, 1.82) is 0 Å². The lowest BCUT2D eigenvalue weighted by atomic mass is 9.33. The van der Waals surface area contributed by atoms with E-state index in [0.29, 0.717) is 0 Å². The van der Waals surface area contributed by atoms with Crippen LogP contribution in [0.1, 0.15) is 55.8 Å². The average Bonchev–Trinajstić information content (AvgIpc) is 2.95. The lowest BCUT2D eigenvalue weighted by Gasteiger charge is -2.68. The fourth-order valence-corrected chi connectivity index (χ4v) is 9.74. The van der Waals surface area contributed by atoms with Gasteiger partial charge in [-0.15, -0.1) is 0 Å². The zero-order valence-electron chi connectivity index (χ0n) is 23.2. The van der Waals surface area contributed by atoms with E-state index in [4.69, 9.17) is 0 Å². The lowest BCUT2D eigenvalue weighted by Crippen LogP contribution is -2.76. The fraction of sp³-hybridized carbons (Fsp3) is 0.375. The summed E-state index contributed by atoms with van der Waals surface area (Å²) in [5.74, 6) is -13.8. The summed E-state index contributed by atoms with van der Waals surface area (Å²) in [7, 11) is 0. The molecule has 4 bridgehead atoms. The lowest BCUT2D eigenvalue weighted by molar-refractivity contribution is -0.201. The van der Waals surface area contributed by atoms with E-state index in [1.807, 2.05) is 0 Å². The second-order valence-corrected chi connectivity index (χ2v) is 13.1. The van der Waals surface area contributed by atoms with Crippen LogP contribution in [0.3, 0.4) is 0 Å². The number of rotatable bonds is 0. The van der Waals surface area contributed by atoms with E-state index in [-0.39, 0.29) is 11.1 Å². The minimum Gasteiger partial charge on any atom is -0.507 e. The van der Waals surface area contributed by atoms with Gasteiger partial charge in [0.2, 0.25) is 0 Å². The highest BCUT2D eigenvalue weighted by Crippen LogP contribution is 2.74. The number of hydrogen-bond acceptors (Lipinski definition) is 12. The molecule has 4 fully saturated rings. The van der Waals surface area contributed by atoms with Crippen molar-refractivity contribution in [3.05, 3.63) is 56.7 Å². The summed E-state index contributed by atoms with van der Waals surface area (Å²) < 4.78 is 0. The Hall–Kier alpha value is -4.68. The molecule has 12 heteroatoms. The molecule has 0 radical (unpaired) electrons. The van der Waals surface area contributed by atoms with Gasteiger partial charge >= 0.3 is 0 Å². The molecule has 0 amide bonds. The van der Waals surface area contributed by atoms with E-state index in [1.54, 1.807) is 0 Å². The standard InChI is InChI=1S/C32H26O12/c1-7-3-11(33)13-15(21(7)35)29(43)31-5-9-24(38)18-17(31)23(37)10(25(39)19(31)27(13)41)6-32(18)20(26(9)40)28(42)14-12(34)4-8(2)22(36)16(14)30(32)44/h3-4,9-10,17-18,23-24,33-38,41-42H,5-6H2,1-2H3/t9?,10?,17?,18?,23?,24?,31-,32-/m1/s1. The molecular weight excluding hydrogens is 576 g/mol.